The molecule has 0 aliphatic heterocycles. The maximum absolute atomic E-state index is 13.3. The van der Waals surface area contributed by atoms with Crippen molar-refractivity contribution in [2.75, 3.05) is 0 Å². The maximum Gasteiger partial charge on any atom is 0.387 e. The molecule has 1 N–H and O–H groups in total. The van der Waals surface area contributed by atoms with Crippen LogP contribution in [-0.2, 0) is 11.2 Å². The summed E-state index contributed by atoms with van der Waals surface area (Å²) in [5.74, 6) is -2.67. The highest BCUT2D eigenvalue weighted by atomic mass is 19.3. The fourth-order valence-corrected chi connectivity index (χ4v) is 1.27. The van der Waals surface area contributed by atoms with E-state index in [4.69, 9.17) is 5.11 Å². The van der Waals surface area contributed by atoms with E-state index < -0.39 is 24.1 Å². The summed E-state index contributed by atoms with van der Waals surface area (Å²) in [6.45, 7) is -1.80. The third kappa shape index (κ3) is 3.15. The molecule has 0 atom stereocenters. The molecular formula is C10H9F3O3. The van der Waals surface area contributed by atoms with Crippen LogP contribution >= 0.6 is 0 Å². The first-order valence-electron chi connectivity index (χ1n) is 4.35. The number of rotatable bonds is 4. The molecule has 0 radical (unpaired) electrons. The number of aryl methyl sites for hydroxylation is 1. The van der Waals surface area contributed by atoms with Crippen molar-refractivity contribution in [2.45, 2.75) is 20.0 Å². The third-order valence-corrected chi connectivity index (χ3v) is 1.85. The average Bonchev–Trinajstić information content (AvgIpc) is 2.11. The van der Waals surface area contributed by atoms with Gasteiger partial charge in [0.1, 0.15) is 0 Å². The fraction of sp³-hybridized carbons (Fsp3) is 0.300. The SMILES string of the molecule is Cc1cc(CC(=O)O)cc(OC(F)F)c1F. The minimum Gasteiger partial charge on any atom is -0.481 e. The van der Waals surface area contributed by atoms with E-state index in [1.807, 2.05) is 0 Å². The van der Waals surface area contributed by atoms with E-state index in [1.165, 1.54) is 13.0 Å². The Morgan fingerprint density at radius 3 is 2.62 bits per heavy atom. The van der Waals surface area contributed by atoms with Crippen molar-refractivity contribution in [3.63, 3.8) is 0 Å². The van der Waals surface area contributed by atoms with Gasteiger partial charge in [-0.3, -0.25) is 4.79 Å². The van der Waals surface area contributed by atoms with Crippen molar-refractivity contribution in [3.05, 3.63) is 29.1 Å². The Hall–Kier alpha value is -1.72. The molecule has 0 aliphatic rings. The fourth-order valence-electron chi connectivity index (χ4n) is 1.27. The van der Waals surface area contributed by atoms with E-state index in [-0.39, 0.29) is 17.5 Å². The maximum atomic E-state index is 13.3. The highest BCUT2D eigenvalue weighted by Gasteiger charge is 2.14. The molecule has 0 aliphatic carbocycles. The Morgan fingerprint density at radius 2 is 2.12 bits per heavy atom. The zero-order valence-corrected chi connectivity index (χ0v) is 8.34. The first kappa shape index (κ1) is 12.4. The summed E-state index contributed by atoms with van der Waals surface area (Å²) in [5, 5.41) is 8.52. The molecule has 3 nitrogen and oxygen atoms in total. The number of halogens is 3. The molecule has 0 aromatic heterocycles. The van der Waals surface area contributed by atoms with Crippen LogP contribution in [0.1, 0.15) is 11.1 Å². The van der Waals surface area contributed by atoms with Gasteiger partial charge in [-0.1, -0.05) is 6.07 Å². The molecule has 0 amide bonds. The Morgan fingerprint density at radius 1 is 1.50 bits per heavy atom. The zero-order valence-electron chi connectivity index (χ0n) is 8.34. The highest BCUT2D eigenvalue weighted by molar-refractivity contribution is 5.70. The van der Waals surface area contributed by atoms with Crippen LogP contribution in [0.15, 0.2) is 12.1 Å². The largest absolute Gasteiger partial charge is 0.481 e. The molecule has 6 heteroatoms. The van der Waals surface area contributed by atoms with E-state index >= 15 is 0 Å². The van der Waals surface area contributed by atoms with E-state index in [0.717, 1.165) is 6.07 Å². The molecule has 0 heterocycles. The topological polar surface area (TPSA) is 46.5 Å². The van der Waals surface area contributed by atoms with Crippen LogP contribution in [0.5, 0.6) is 5.75 Å². The number of carboxylic acid groups (broad SMARTS) is 1. The molecule has 1 aromatic rings. The van der Waals surface area contributed by atoms with Crippen LogP contribution in [0.2, 0.25) is 0 Å². The molecule has 0 saturated carbocycles. The van der Waals surface area contributed by atoms with Gasteiger partial charge < -0.3 is 9.84 Å². The normalized spacial score (nSPS) is 10.6. The second kappa shape index (κ2) is 4.87. The van der Waals surface area contributed by atoms with Gasteiger partial charge in [0, 0.05) is 0 Å². The highest BCUT2D eigenvalue weighted by Crippen LogP contribution is 2.24. The standard InChI is InChI=1S/C10H9F3O3/c1-5-2-6(4-8(14)15)3-7(9(5)11)16-10(12)13/h2-3,10H,4H2,1H3,(H,14,15). The van der Waals surface area contributed by atoms with Crippen molar-refractivity contribution < 1.29 is 27.8 Å². The number of ether oxygens (including phenoxy) is 1. The Balaban J connectivity index is 3.06. The lowest BCUT2D eigenvalue weighted by molar-refractivity contribution is -0.136. The first-order valence-corrected chi connectivity index (χ1v) is 4.35. The van der Waals surface area contributed by atoms with Gasteiger partial charge in [0.05, 0.1) is 6.42 Å². The summed E-state index contributed by atoms with van der Waals surface area (Å²) < 4.78 is 41.1. The number of carbonyl (C=O) groups is 1. The number of alkyl halides is 2. The van der Waals surface area contributed by atoms with Crippen molar-refractivity contribution in [3.8, 4) is 5.75 Å². The summed E-state index contributed by atoms with van der Waals surface area (Å²) in [4.78, 5) is 10.4. The van der Waals surface area contributed by atoms with Gasteiger partial charge in [0.15, 0.2) is 11.6 Å². The van der Waals surface area contributed by atoms with Crippen LogP contribution in [0.25, 0.3) is 0 Å². The lowest BCUT2D eigenvalue weighted by Crippen LogP contribution is -2.07. The second-order valence-electron chi connectivity index (χ2n) is 3.17. The molecule has 16 heavy (non-hydrogen) atoms. The summed E-state index contributed by atoms with van der Waals surface area (Å²) in [7, 11) is 0. The number of benzene rings is 1. The second-order valence-corrected chi connectivity index (χ2v) is 3.17. The van der Waals surface area contributed by atoms with Gasteiger partial charge in [-0.2, -0.15) is 8.78 Å². The number of hydrogen-bond donors (Lipinski definition) is 1. The summed E-state index contributed by atoms with van der Waals surface area (Å²) >= 11 is 0. The third-order valence-electron chi connectivity index (χ3n) is 1.85. The minimum absolute atomic E-state index is 0.0643. The van der Waals surface area contributed by atoms with Gasteiger partial charge in [-0.15, -0.1) is 0 Å². The smallest absolute Gasteiger partial charge is 0.387 e. The molecule has 88 valence electrons. The summed E-state index contributed by atoms with van der Waals surface area (Å²) in [6, 6.07) is 2.24. The van der Waals surface area contributed by atoms with E-state index in [0.29, 0.717) is 0 Å². The lowest BCUT2D eigenvalue weighted by atomic mass is 10.1. The Bertz CT molecular complexity index is 405. The van der Waals surface area contributed by atoms with Gasteiger partial charge in [-0.05, 0) is 24.1 Å². The minimum atomic E-state index is -3.14. The molecule has 0 fully saturated rings. The summed E-state index contributed by atoms with van der Waals surface area (Å²) in [6.07, 6.45) is -0.374. The van der Waals surface area contributed by atoms with Crippen molar-refractivity contribution >= 4 is 5.97 Å². The lowest BCUT2D eigenvalue weighted by Gasteiger charge is -2.09. The Kier molecular flexibility index (Phi) is 3.76. The molecule has 0 spiro atoms. The Labute approximate surface area is 89.5 Å². The van der Waals surface area contributed by atoms with Gasteiger partial charge in [-0.25, -0.2) is 4.39 Å². The van der Waals surface area contributed by atoms with Crippen LogP contribution in [0.3, 0.4) is 0 Å². The van der Waals surface area contributed by atoms with E-state index in [2.05, 4.69) is 4.74 Å². The average molecular weight is 234 g/mol. The van der Waals surface area contributed by atoms with Crippen molar-refractivity contribution in [1.82, 2.24) is 0 Å². The predicted molar refractivity (Wildman–Crippen MR) is 49.1 cm³/mol. The molecular weight excluding hydrogens is 225 g/mol. The quantitative estimate of drug-likeness (QED) is 0.869. The number of hydrogen-bond acceptors (Lipinski definition) is 2. The molecule has 1 aromatic carbocycles. The van der Waals surface area contributed by atoms with Gasteiger partial charge >= 0.3 is 12.6 Å². The number of aliphatic carboxylic acids is 1. The molecule has 1 rings (SSSR count). The predicted octanol–water partition coefficient (Wildman–Crippen LogP) is 2.36. The van der Waals surface area contributed by atoms with Gasteiger partial charge in [0.25, 0.3) is 0 Å². The first-order chi connectivity index (χ1) is 7.40. The monoisotopic (exact) mass is 234 g/mol. The van der Waals surface area contributed by atoms with Crippen LogP contribution in [0, 0.1) is 12.7 Å². The number of carboxylic acids is 1. The van der Waals surface area contributed by atoms with E-state index in [1.54, 1.807) is 0 Å². The van der Waals surface area contributed by atoms with E-state index in [9.17, 15) is 18.0 Å². The molecule has 0 saturated heterocycles. The molecule has 0 bridgehead atoms. The molecule has 0 unspecified atom stereocenters. The van der Waals surface area contributed by atoms with Crippen molar-refractivity contribution in [1.29, 1.82) is 0 Å². The van der Waals surface area contributed by atoms with Crippen LogP contribution in [-0.4, -0.2) is 17.7 Å². The van der Waals surface area contributed by atoms with Crippen molar-refractivity contribution in [2.24, 2.45) is 0 Å². The van der Waals surface area contributed by atoms with Crippen LogP contribution in [0.4, 0.5) is 13.2 Å². The zero-order chi connectivity index (χ0) is 12.3. The van der Waals surface area contributed by atoms with Gasteiger partial charge in [0.2, 0.25) is 0 Å². The summed E-state index contributed by atoms with van der Waals surface area (Å²) in [5.41, 5.74) is 0.274. The van der Waals surface area contributed by atoms with Crippen LogP contribution < -0.4 is 4.74 Å².